The van der Waals surface area contributed by atoms with Gasteiger partial charge in [-0.2, -0.15) is 0 Å². The van der Waals surface area contributed by atoms with Crippen molar-refractivity contribution in [1.82, 2.24) is 10.2 Å². The second-order valence-electron chi connectivity index (χ2n) is 8.90. The molecular weight excluding hydrogens is 256 g/mol. The second-order valence-corrected chi connectivity index (χ2v) is 8.90. The fraction of sp³-hybridized carbons (Fsp3) is 1.00. The lowest BCUT2D eigenvalue weighted by Crippen LogP contribution is -2.53. The Morgan fingerprint density at radius 1 is 1.14 bits per heavy atom. The molecule has 0 aromatic heterocycles. The van der Waals surface area contributed by atoms with Crippen molar-refractivity contribution in [3.05, 3.63) is 0 Å². The van der Waals surface area contributed by atoms with Crippen molar-refractivity contribution in [2.24, 2.45) is 23.2 Å². The van der Waals surface area contributed by atoms with Crippen LogP contribution < -0.4 is 5.32 Å². The van der Waals surface area contributed by atoms with Gasteiger partial charge in [0.05, 0.1) is 0 Å². The van der Waals surface area contributed by atoms with E-state index in [4.69, 9.17) is 0 Å². The molecule has 2 rings (SSSR count). The first-order valence-corrected chi connectivity index (χ1v) is 9.30. The molecule has 0 radical (unpaired) electrons. The lowest BCUT2D eigenvalue weighted by Gasteiger charge is -2.43. The predicted octanol–water partition coefficient (Wildman–Crippen LogP) is 4.16. The van der Waals surface area contributed by atoms with Gasteiger partial charge in [0.1, 0.15) is 0 Å². The van der Waals surface area contributed by atoms with Crippen LogP contribution in [0.25, 0.3) is 0 Å². The van der Waals surface area contributed by atoms with Crippen molar-refractivity contribution in [2.75, 3.05) is 19.6 Å². The molecule has 124 valence electrons. The Morgan fingerprint density at radius 2 is 1.86 bits per heavy atom. The molecular formula is C19H38N2. The van der Waals surface area contributed by atoms with Gasteiger partial charge in [0, 0.05) is 18.6 Å². The highest BCUT2D eigenvalue weighted by Crippen LogP contribution is 2.39. The summed E-state index contributed by atoms with van der Waals surface area (Å²) in [4.78, 5) is 2.83. The fourth-order valence-electron chi connectivity index (χ4n) is 4.48. The van der Waals surface area contributed by atoms with Crippen LogP contribution in [0.1, 0.15) is 67.2 Å². The molecule has 0 aromatic rings. The number of likely N-dealkylation sites (N-methyl/N-ethyl adjacent to an activating group) is 1. The fourth-order valence-corrected chi connectivity index (χ4v) is 4.48. The topological polar surface area (TPSA) is 15.3 Å². The summed E-state index contributed by atoms with van der Waals surface area (Å²) in [5, 5.41) is 3.78. The highest BCUT2D eigenvalue weighted by molar-refractivity contribution is 4.96. The van der Waals surface area contributed by atoms with Gasteiger partial charge in [-0.1, -0.05) is 41.5 Å². The molecule has 2 fully saturated rings. The first-order chi connectivity index (χ1) is 9.82. The summed E-state index contributed by atoms with van der Waals surface area (Å²) in [6, 6.07) is 1.50. The van der Waals surface area contributed by atoms with Crippen molar-refractivity contribution in [1.29, 1.82) is 0 Å². The van der Waals surface area contributed by atoms with Gasteiger partial charge in [0.2, 0.25) is 0 Å². The molecule has 4 atom stereocenters. The molecule has 21 heavy (non-hydrogen) atoms. The highest BCUT2D eigenvalue weighted by Gasteiger charge is 2.40. The molecule has 1 saturated carbocycles. The van der Waals surface area contributed by atoms with E-state index >= 15 is 0 Å². The predicted molar refractivity (Wildman–Crippen MR) is 92.6 cm³/mol. The van der Waals surface area contributed by atoms with E-state index in [0.29, 0.717) is 5.41 Å². The molecule has 1 aliphatic carbocycles. The standard InChI is InChI=1S/C19H38N2/c1-7-20-17-9-8-15(14(2)3)12-18(17)21-11-10-16(13-21)19(4,5)6/h14-18,20H,7-13H2,1-6H3. The van der Waals surface area contributed by atoms with E-state index in [0.717, 1.165) is 36.4 Å². The average molecular weight is 295 g/mol. The van der Waals surface area contributed by atoms with Gasteiger partial charge in [0.25, 0.3) is 0 Å². The lowest BCUT2D eigenvalue weighted by molar-refractivity contribution is 0.0925. The van der Waals surface area contributed by atoms with Crippen molar-refractivity contribution in [2.45, 2.75) is 79.3 Å². The monoisotopic (exact) mass is 294 g/mol. The maximum Gasteiger partial charge on any atom is 0.0252 e. The van der Waals surface area contributed by atoms with E-state index < -0.39 is 0 Å². The van der Waals surface area contributed by atoms with E-state index in [1.54, 1.807) is 0 Å². The molecule has 2 nitrogen and oxygen atoms in total. The number of rotatable bonds is 4. The SMILES string of the molecule is CCNC1CCC(C(C)C)CC1N1CCC(C(C)(C)C)C1. The third-order valence-electron chi connectivity index (χ3n) is 6.18. The Bertz CT molecular complexity index is 318. The third-order valence-corrected chi connectivity index (χ3v) is 6.18. The second kappa shape index (κ2) is 7.00. The largest absolute Gasteiger partial charge is 0.313 e. The van der Waals surface area contributed by atoms with Crippen LogP contribution in [-0.2, 0) is 0 Å². The highest BCUT2D eigenvalue weighted by atomic mass is 15.2. The zero-order valence-electron chi connectivity index (χ0n) is 15.3. The van der Waals surface area contributed by atoms with Crippen LogP contribution in [0.15, 0.2) is 0 Å². The molecule has 1 N–H and O–H groups in total. The summed E-state index contributed by atoms with van der Waals surface area (Å²) >= 11 is 0. The number of hydrogen-bond donors (Lipinski definition) is 1. The zero-order chi connectivity index (χ0) is 15.6. The molecule has 0 amide bonds. The van der Waals surface area contributed by atoms with E-state index in [-0.39, 0.29) is 0 Å². The van der Waals surface area contributed by atoms with Gasteiger partial charge in [0.15, 0.2) is 0 Å². The van der Waals surface area contributed by atoms with Crippen LogP contribution in [-0.4, -0.2) is 36.6 Å². The maximum atomic E-state index is 3.78. The Balaban J connectivity index is 2.02. The van der Waals surface area contributed by atoms with E-state index in [1.165, 1.54) is 38.8 Å². The van der Waals surface area contributed by atoms with E-state index in [9.17, 15) is 0 Å². The van der Waals surface area contributed by atoms with Crippen LogP contribution in [0.4, 0.5) is 0 Å². The summed E-state index contributed by atoms with van der Waals surface area (Å²) in [7, 11) is 0. The van der Waals surface area contributed by atoms with Crippen LogP contribution in [0, 0.1) is 23.2 Å². The molecule has 1 aliphatic heterocycles. The molecule has 0 spiro atoms. The Kier molecular flexibility index (Phi) is 5.76. The van der Waals surface area contributed by atoms with Crippen molar-refractivity contribution < 1.29 is 0 Å². The van der Waals surface area contributed by atoms with Gasteiger partial charge in [-0.25, -0.2) is 0 Å². The van der Waals surface area contributed by atoms with Crippen molar-refractivity contribution in [3.8, 4) is 0 Å². The van der Waals surface area contributed by atoms with Crippen molar-refractivity contribution >= 4 is 0 Å². The maximum absolute atomic E-state index is 3.78. The first kappa shape index (κ1) is 17.3. The molecule has 4 unspecified atom stereocenters. The number of likely N-dealkylation sites (tertiary alicyclic amines) is 1. The molecule has 2 heteroatoms. The van der Waals surface area contributed by atoms with Crippen LogP contribution >= 0.6 is 0 Å². The van der Waals surface area contributed by atoms with Gasteiger partial charge < -0.3 is 5.32 Å². The van der Waals surface area contributed by atoms with Crippen LogP contribution in [0.3, 0.4) is 0 Å². The minimum absolute atomic E-state index is 0.467. The van der Waals surface area contributed by atoms with Crippen LogP contribution in [0.5, 0.6) is 0 Å². The quantitative estimate of drug-likeness (QED) is 0.837. The Morgan fingerprint density at radius 3 is 2.38 bits per heavy atom. The summed E-state index contributed by atoms with van der Waals surface area (Å²) in [6.07, 6.45) is 5.60. The normalized spacial score (nSPS) is 35.6. The third kappa shape index (κ3) is 4.22. The Labute approximate surface area is 133 Å². The van der Waals surface area contributed by atoms with Gasteiger partial charge in [-0.05, 0) is 61.9 Å². The first-order valence-electron chi connectivity index (χ1n) is 9.30. The molecule has 1 heterocycles. The lowest BCUT2D eigenvalue weighted by atomic mass is 9.76. The van der Waals surface area contributed by atoms with Gasteiger partial charge in [-0.15, -0.1) is 0 Å². The Hall–Kier alpha value is -0.0800. The average Bonchev–Trinajstić information content (AvgIpc) is 2.88. The summed E-state index contributed by atoms with van der Waals surface area (Å²) in [5.74, 6) is 2.65. The van der Waals surface area contributed by atoms with Gasteiger partial charge in [-0.3, -0.25) is 4.90 Å². The van der Waals surface area contributed by atoms with Crippen molar-refractivity contribution in [3.63, 3.8) is 0 Å². The van der Waals surface area contributed by atoms with Gasteiger partial charge >= 0.3 is 0 Å². The minimum Gasteiger partial charge on any atom is -0.313 e. The van der Waals surface area contributed by atoms with E-state index in [2.05, 4.69) is 51.8 Å². The van der Waals surface area contributed by atoms with E-state index in [1.807, 2.05) is 0 Å². The number of hydrogen-bond acceptors (Lipinski definition) is 2. The molecule has 2 aliphatic rings. The zero-order valence-corrected chi connectivity index (χ0v) is 15.3. The summed E-state index contributed by atoms with van der Waals surface area (Å²) < 4.78 is 0. The summed E-state index contributed by atoms with van der Waals surface area (Å²) in [6.45, 7) is 18.1. The molecule has 0 bridgehead atoms. The minimum atomic E-state index is 0.467. The smallest absolute Gasteiger partial charge is 0.0252 e. The summed E-state index contributed by atoms with van der Waals surface area (Å²) in [5.41, 5.74) is 0.467. The van der Waals surface area contributed by atoms with Crippen LogP contribution in [0.2, 0.25) is 0 Å². The molecule has 1 saturated heterocycles. The molecule has 0 aromatic carbocycles. The number of nitrogens with one attached hydrogen (secondary N) is 1. The number of nitrogens with zero attached hydrogens (tertiary/aromatic N) is 1.